The van der Waals surface area contributed by atoms with Crippen molar-refractivity contribution < 1.29 is 24.2 Å². The second-order valence-electron chi connectivity index (χ2n) is 5.56. The van der Waals surface area contributed by atoms with Crippen molar-refractivity contribution in [1.29, 1.82) is 0 Å². The number of rotatable bonds is 5. The first-order valence-corrected chi connectivity index (χ1v) is 8.18. The van der Waals surface area contributed by atoms with Gasteiger partial charge >= 0.3 is 5.97 Å². The van der Waals surface area contributed by atoms with Gasteiger partial charge in [0.2, 0.25) is 5.60 Å². The van der Waals surface area contributed by atoms with Gasteiger partial charge in [0.25, 0.3) is 11.8 Å². The molecule has 0 aliphatic carbocycles. The summed E-state index contributed by atoms with van der Waals surface area (Å²) in [6.45, 7) is 2.27. The molecule has 1 unspecified atom stereocenters. The number of carboxylic acid groups (broad SMARTS) is 1. The molecule has 1 aromatic heterocycles. The number of carboxylic acids is 1. The van der Waals surface area contributed by atoms with Crippen LogP contribution in [0.1, 0.15) is 29.4 Å². The van der Waals surface area contributed by atoms with Crippen LogP contribution in [0.25, 0.3) is 0 Å². The van der Waals surface area contributed by atoms with Gasteiger partial charge in [-0.05, 0) is 31.2 Å². The van der Waals surface area contributed by atoms with Crippen LogP contribution in [-0.2, 0) is 14.3 Å². The number of hydrogen-bond donors (Lipinski definition) is 2. The zero-order valence-corrected chi connectivity index (χ0v) is 13.9. The summed E-state index contributed by atoms with van der Waals surface area (Å²) >= 11 is 1.40. The van der Waals surface area contributed by atoms with Crippen LogP contribution < -0.4 is 5.32 Å². The van der Waals surface area contributed by atoms with Crippen LogP contribution in [0, 0.1) is 0 Å². The highest BCUT2D eigenvalue weighted by Gasteiger charge is 2.42. The lowest BCUT2D eigenvalue weighted by Gasteiger charge is -2.33. The number of likely N-dealkylation sites (tertiary alicyclic amines) is 1. The molecule has 7 nitrogen and oxygen atoms in total. The van der Waals surface area contributed by atoms with Crippen molar-refractivity contribution in [2.75, 3.05) is 20.2 Å². The molecule has 1 aromatic rings. The maximum Gasteiger partial charge on any atom is 0.345 e. The summed E-state index contributed by atoms with van der Waals surface area (Å²) in [4.78, 5) is 38.0. The Labute approximate surface area is 138 Å². The molecule has 126 valence electrons. The molecule has 8 heteroatoms. The Kier molecular flexibility index (Phi) is 5.38. The van der Waals surface area contributed by atoms with Gasteiger partial charge in [-0.3, -0.25) is 9.59 Å². The highest BCUT2D eigenvalue weighted by atomic mass is 32.1. The molecule has 23 heavy (non-hydrogen) atoms. The SMILES string of the molecule is COC(C)(C(=O)O)C(=O)NC1CCN(C(=O)c2cccs2)CC1. The molecule has 1 aliphatic heterocycles. The fraction of sp³-hybridized carbons (Fsp3) is 0.533. The molecule has 2 N–H and O–H groups in total. The summed E-state index contributed by atoms with van der Waals surface area (Å²) in [7, 11) is 1.19. The molecule has 2 heterocycles. The lowest BCUT2D eigenvalue weighted by atomic mass is 10.0. The molecule has 1 fully saturated rings. The minimum atomic E-state index is -1.90. The third-order valence-corrected chi connectivity index (χ3v) is 4.96. The van der Waals surface area contributed by atoms with E-state index in [-0.39, 0.29) is 11.9 Å². The number of thiophene rings is 1. The van der Waals surface area contributed by atoms with Crippen molar-refractivity contribution in [3.05, 3.63) is 22.4 Å². The highest BCUT2D eigenvalue weighted by molar-refractivity contribution is 7.12. The van der Waals surface area contributed by atoms with Crippen LogP contribution in [0.5, 0.6) is 0 Å². The summed E-state index contributed by atoms with van der Waals surface area (Å²) in [5.41, 5.74) is -1.90. The number of ether oxygens (including phenoxy) is 1. The van der Waals surface area contributed by atoms with Gasteiger partial charge in [0.15, 0.2) is 0 Å². The molecule has 0 saturated carbocycles. The van der Waals surface area contributed by atoms with E-state index in [0.29, 0.717) is 30.8 Å². The third-order valence-electron chi connectivity index (χ3n) is 4.10. The van der Waals surface area contributed by atoms with Gasteiger partial charge in [-0.15, -0.1) is 11.3 Å². The first kappa shape index (κ1) is 17.4. The van der Waals surface area contributed by atoms with Crippen LogP contribution in [-0.4, -0.2) is 59.6 Å². The number of carbonyl (C=O) groups is 3. The molecule has 0 aromatic carbocycles. The number of amides is 2. The molecular weight excluding hydrogens is 320 g/mol. The summed E-state index contributed by atoms with van der Waals surface area (Å²) in [5.74, 6) is -2.00. The topological polar surface area (TPSA) is 95.9 Å². The Morgan fingerprint density at radius 3 is 2.52 bits per heavy atom. The van der Waals surface area contributed by atoms with Crippen molar-refractivity contribution in [3.63, 3.8) is 0 Å². The predicted octanol–water partition coefficient (Wildman–Crippen LogP) is 0.959. The van der Waals surface area contributed by atoms with E-state index in [1.165, 1.54) is 25.4 Å². The van der Waals surface area contributed by atoms with Crippen LogP contribution in [0.3, 0.4) is 0 Å². The maximum atomic E-state index is 12.2. The van der Waals surface area contributed by atoms with Gasteiger partial charge in [0, 0.05) is 26.2 Å². The minimum Gasteiger partial charge on any atom is -0.479 e. The molecule has 1 aliphatic rings. The number of nitrogens with one attached hydrogen (secondary N) is 1. The van der Waals surface area contributed by atoms with Gasteiger partial charge in [-0.2, -0.15) is 0 Å². The smallest absolute Gasteiger partial charge is 0.345 e. The molecule has 0 bridgehead atoms. The van der Waals surface area contributed by atoms with Crippen LogP contribution in [0.2, 0.25) is 0 Å². The van der Waals surface area contributed by atoms with E-state index in [2.05, 4.69) is 5.32 Å². The van der Waals surface area contributed by atoms with E-state index < -0.39 is 17.5 Å². The van der Waals surface area contributed by atoms with Gasteiger partial charge in [-0.25, -0.2) is 4.79 Å². The fourth-order valence-corrected chi connectivity index (χ4v) is 3.07. The summed E-state index contributed by atoms with van der Waals surface area (Å²) in [6, 6.07) is 3.46. The summed E-state index contributed by atoms with van der Waals surface area (Å²) in [5, 5.41) is 13.7. The number of piperidine rings is 1. The minimum absolute atomic E-state index is 0.00274. The Hall–Kier alpha value is -1.93. The van der Waals surface area contributed by atoms with Crippen LogP contribution >= 0.6 is 11.3 Å². The van der Waals surface area contributed by atoms with E-state index >= 15 is 0 Å². The number of aliphatic carboxylic acids is 1. The summed E-state index contributed by atoms with van der Waals surface area (Å²) in [6.07, 6.45) is 1.17. The van der Waals surface area contributed by atoms with E-state index in [0.717, 1.165) is 0 Å². The largest absolute Gasteiger partial charge is 0.479 e. The van der Waals surface area contributed by atoms with E-state index in [1.54, 1.807) is 11.0 Å². The Morgan fingerprint density at radius 2 is 2.04 bits per heavy atom. The standard InChI is InChI=1S/C15H20N2O5S/c1-15(22-2,14(20)21)13(19)16-10-5-7-17(8-6-10)12(18)11-4-3-9-23-11/h3-4,9-10H,5-8H2,1-2H3,(H,16,19)(H,20,21). The average molecular weight is 340 g/mol. The Balaban J connectivity index is 1.89. The first-order valence-electron chi connectivity index (χ1n) is 7.30. The predicted molar refractivity (Wildman–Crippen MR) is 84.4 cm³/mol. The number of hydrogen-bond acceptors (Lipinski definition) is 5. The van der Waals surface area contributed by atoms with Crippen molar-refractivity contribution in [3.8, 4) is 0 Å². The molecule has 2 rings (SSSR count). The third kappa shape index (κ3) is 3.70. The second kappa shape index (κ2) is 7.10. The van der Waals surface area contributed by atoms with E-state index in [9.17, 15) is 14.4 Å². The van der Waals surface area contributed by atoms with E-state index in [1.807, 2.05) is 11.4 Å². The zero-order valence-electron chi connectivity index (χ0n) is 13.1. The van der Waals surface area contributed by atoms with E-state index in [4.69, 9.17) is 9.84 Å². The van der Waals surface area contributed by atoms with Crippen LogP contribution in [0.15, 0.2) is 17.5 Å². The van der Waals surface area contributed by atoms with Gasteiger partial charge in [-0.1, -0.05) is 6.07 Å². The normalized spacial score (nSPS) is 18.3. The van der Waals surface area contributed by atoms with Crippen molar-refractivity contribution >= 4 is 29.1 Å². The Bertz CT molecular complexity index is 581. The monoisotopic (exact) mass is 340 g/mol. The number of carbonyl (C=O) groups excluding carboxylic acids is 2. The van der Waals surface area contributed by atoms with Gasteiger partial charge in [0.1, 0.15) is 0 Å². The Morgan fingerprint density at radius 1 is 1.39 bits per heavy atom. The molecular formula is C15H20N2O5S. The lowest BCUT2D eigenvalue weighted by molar-refractivity contribution is -0.168. The number of nitrogens with zero attached hydrogens (tertiary/aromatic N) is 1. The first-order chi connectivity index (χ1) is 10.9. The number of methoxy groups -OCH3 is 1. The van der Waals surface area contributed by atoms with Crippen molar-refractivity contribution in [2.45, 2.75) is 31.4 Å². The average Bonchev–Trinajstić information content (AvgIpc) is 3.08. The molecule has 0 radical (unpaired) electrons. The van der Waals surface area contributed by atoms with Crippen molar-refractivity contribution in [1.82, 2.24) is 10.2 Å². The second-order valence-corrected chi connectivity index (χ2v) is 6.51. The van der Waals surface area contributed by atoms with Gasteiger partial charge < -0.3 is 20.1 Å². The van der Waals surface area contributed by atoms with Crippen molar-refractivity contribution in [2.24, 2.45) is 0 Å². The molecule has 2 amide bonds. The molecule has 1 saturated heterocycles. The fourth-order valence-electron chi connectivity index (χ4n) is 2.38. The molecule has 1 atom stereocenters. The van der Waals surface area contributed by atoms with Gasteiger partial charge in [0.05, 0.1) is 4.88 Å². The van der Waals surface area contributed by atoms with Crippen LogP contribution in [0.4, 0.5) is 0 Å². The lowest BCUT2D eigenvalue weighted by Crippen LogP contribution is -2.56. The maximum absolute atomic E-state index is 12.2. The quantitative estimate of drug-likeness (QED) is 0.778. The highest BCUT2D eigenvalue weighted by Crippen LogP contribution is 2.18. The zero-order chi connectivity index (χ0) is 17.0. The molecule has 0 spiro atoms. The summed E-state index contributed by atoms with van der Waals surface area (Å²) < 4.78 is 4.84.